The summed E-state index contributed by atoms with van der Waals surface area (Å²) in [4.78, 5) is 9.77. The van der Waals surface area contributed by atoms with Crippen molar-refractivity contribution in [2.45, 2.75) is 57.4 Å². The Kier molecular flexibility index (Phi) is 10.6. The van der Waals surface area contributed by atoms with Crippen molar-refractivity contribution in [1.29, 1.82) is 0 Å². The fraction of sp³-hybridized carbons (Fsp3) is 1.00. The van der Waals surface area contributed by atoms with Gasteiger partial charge in [-0.15, -0.1) is 0 Å². The zero-order valence-electron chi connectivity index (χ0n) is 21.2. The molecule has 1 rings (SSSR count). The molecule has 1 aliphatic heterocycles. The Morgan fingerprint density at radius 2 is 1.68 bits per heavy atom. The minimum atomic E-state index is -4.05. The molecule has 0 bridgehead atoms. The zero-order chi connectivity index (χ0) is 24.2. The smallest absolute Gasteiger partial charge is 0.419 e. The molecular formula is C17H46N2O7PSi4+. The lowest BCUT2D eigenvalue weighted by atomic mass is 10.5. The molecule has 0 aromatic carbocycles. The van der Waals surface area contributed by atoms with Gasteiger partial charge in [0.15, 0.2) is 16.2 Å². The van der Waals surface area contributed by atoms with Crippen molar-refractivity contribution < 1.29 is 35.6 Å². The van der Waals surface area contributed by atoms with Crippen molar-refractivity contribution in [2.24, 2.45) is 0 Å². The second-order valence-electron chi connectivity index (χ2n) is 11.1. The fourth-order valence-corrected chi connectivity index (χ4v) is 37.4. The van der Waals surface area contributed by atoms with E-state index in [4.69, 9.17) is 21.7 Å². The van der Waals surface area contributed by atoms with Crippen LogP contribution in [0.2, 0.25) is 51.0 Å². The molecule has 2 unspecified atom stereocenters. The Hall–Kier alpha value is 0.778. The van der Waals surface area contributed by atoms with E-state index in [0.717, 1.165) is 12.5 Å². The van der Waals surface area contributed by atoms with E-state index in [-0.39, 0.29) is 13.3 Å². The minimum absolute atomic E-state index is 0.0537. The number of hydrogen-bond donors (Lipinski definition) is 2. The van der Waals surface area contributed by atoms with Crippen LogP contribution in [0, 0.1) is 0 Å². The van der Waals surface area contributed by atoms with Gasteiger partial charge in [-0.2, -0.15) is 0 Å². The predicted octanol–water partition coefficient (Wildman–Crippen LogP) is 3.13. The molecule has 1 fully saturated rings. The van der Waals surface area contributed by atoms with E-state index in [0.29, 0.717) is 17.6 Å². The molecular weight excluding hydrogens is 488 g/mol. The lowest BCUT2D eigenvalue weighted by Crippen LogP contribution is -2.61. The Balaban J connectivity index is 2.51. The lowest BCUT2D eigenvalue weighted by Gasteiger charge is -2.40. The Labute approximate surface area is 193 Å². The first-order valence-corrected chi connectivity index (χ1v) is 24.6. The van der Waals surface area contributed by atoms with E-state index in [1.807, 2.05) is 21.1 Å². The number of phosphoric ester groups is 1. The molecule has 1 aliphatic rings. The van der Waals surface area contributed by atoms with Gasteiger partial charge in [0.25, 0.3) is 0 Å². The van der Waals surface area contributed by atoms with Crippen LogP contribution in [0.1, 0.15) is 6.42 Å². The van der Waals surface area contributed by atoms with Gasteiger partial charge in [0.2, 0.25) is 0 Å². The normalized spacial score (nSPS) is 27.5. The maximum atomic E-state index is 11.9. The third-order valence-electron chi connectivity index (χ3n) is 5.83. The highest BCUT2D eigenvalue weighted by Gasteiger charge is 2.59. The van der Waals surface area contributed by atoms with Crippen molar-refractivity contribution in [3.05, 3.63) is 0 Å². The SMILES string of the molecule is CO[Si]1(CCCNCOP(=O)(O)OCC[N+](C)(C)C)O[Si](C)(C)C[Si](C)(C)[Si](C)(C)O1. The van der Waals surface area contributed by atoms with E-state index in [1.54, 1.807) is 7.11 Å². The number of nitrogens with one attached hydrogen (secondary N) is 1. The van der Waals surface area contributed by atoms with Crippen molar-refractivity contribution in [3.8, 4) is 0 Å². The van der Waals surface area contributed by atoms with Crippen LogP contribution in [-0.4, -0.2) is 96.6 Å². The number of quaternary nitrogens is 1. The third-order valence-corrected chi connectivity index (χ3v) is 37.6. The monoisotopic (exact) mass is 533 g/mol. The lowest BCUT2D eigenvalue weighted by molar-refractivity contribution is -0.870. The second kappa shape index (κ2) is 11.0. The standard InChI is InChI=1S/C17H45N2O7PSi4/c1-19(2,3)13-14-23-27(20,21)24-16-18-12-11-15-31(22-4)25-28(5,6)17-29(7,8)30(9,10)26-31/h18H,11-17H2,1-10H3/p+1. The van der Waals surface area contributed by atoms with Crippen LogP contribution in [0.15, 0.2) is 0 Å². The van der Waals surface area contributed by atoms with Crippen molar-refractivity contribution in [1.82, 2.24) is 5.32 Å². The fourth-order valence-electron chi connectivity index (χ4n) is 3.67. The summed E-state index contributed by atoms with van der Waals surface area (Å²) in [5.41, 5.74) is 1.20. The maximum Gasteiger partial charge on any atom is 0.479 e. The van der Waals surface area contributed by atoms with Crippen molar-refractivity contribution >= 4 is 40.4 Å². The topological polar surface area (TPSA) is 95.5 Å². The first-order chi connectivity index (χ1) is 13.8. The Morgan fingerprint density at radius 3 is 2.23 bits per heavy atom. The summed E-state index contributed by atoms with van der Waals surface area (Å²) >= 11 is 0. The number of hydrogen-bond acceptors (Lipinski definition) is 7. The summed E-state index contributed by atoms with van der Waals surface area (Å²) in [5, 5.41) is 3.05. The van der Waals surface area contributed by atoms with Crippen LogP contribution in [-0.2, 0) is 26.3 Å². The highest BCUT2D eigenvalue weighted by Crippen LogP contribution is 2.42. The van der Waals surface area contributed by atoms with Gasteiger partial charge in [-0.1, -0.05) is 13.1 Å². The number of nitrogens with zero attached hydrogens (tertiary/aromatic N) is 1. The van der Waals surface area contributed by atoms with Crippen LogP contribution in [0.25, 0.3) is 0 Å². The summed E-state index contributed by atoms with van der Waals surface area (Å²) < 4.78 is 42.0. The molecule has 0 spiro atoms. The maximum absolute atomic E-state index is 11.9. The molecule has 2 atom stereocenters. The van der Waals surface area contributed by atoms with Crippen LogP contribution >= 0.6 is 7.82 Å². The van der Waals surface area contributed by atoms with Gasteiger partial charge in [-0.3, -0.25) is 14.4 Å². The molecule has 9 nitrogen and oxygen atoms in total. The number of phosphoric acid groups is 1. The molecule has 0 aromatic rings. The summed E-state index contributed by atoms with van der Waals surface area (Å²) in [5.74, 6) is 0. The van der Waals surface area contributed by atoms with Crippen molar-refractivity contribution in [3.63, 3.8) is 0 Å². The first kappa shape index (κ1) is 29.8. The summed E-state index contributed by atoms with van der Waals surface area (Å²) in [6.07, 6.45) is 0.776. The van der Waals surface area contributed by atoms with Gasteiger partial charge in [0.1, 0.15) is 19.9 Å². The van der Waals surface area contributed by atoms with E-state index >= 15 is 0 Å². The molecule has 0 aliphatic carbocycles. The summed E-state index contributed by atoms with van der Waals surface area (Å²) in [6, 6.07) is 0.727. The average molecular weight is 534 g/mol. The van der Waals surface area contributed by atoms with Crippen LogP contribution in [0.3, 0.4) is 0 Å². The molecule has 14 heteroatoms. The van der Waals surface area contributed by atoms with Crippen molar-refractivity contribution in [2.75, 3.05) is 54.7 Å². The molecule has 31 heavy (non-hydrogen) atoms. The molecule has 0 amide bonds. The quantitative estimate of drug-likeness (QED) is 0.130. The summed E-state index contributed by atoms with van der Waals surface area (Å²) in [7, 11) is -4.40. The largest absolute Gasteiger partial charge is 0.479 e. The van der Waals surface area contributed by atoms with Gasteiger partial charge >= 0.3 is 16.6 Å². The molecule has 1 saturated heterocycles. The van der Waals surface area contributed by atoms with Gasteiger partial charge in [-0.25, -0.2) is 4.57 Å². The van der Waals surface area contributed by atoms with Gasteiger partial charge in [-0.05, 0) is 44.8 Å². The molecule has 0 saturated carbocycles. The molecule has 0 aromatic heterocycles. The highest BCUT2D eigenvalue weighted by atomic mass is 31.2. The highest BCUT2D eigenvalue weighted by molar-refractivity contribution is 7.47. The summed E-state index contributed by atoms with van der Waals surface area (Å²) in [6.45, 7) is 15.4. The zero-order valence-corrected chi connectivity index (χ0v) is 26.1. The second-order valence-corrected chi connectivity index (χ2v) is 35.9. The van der Waals surface area contributed by atoms with E-state index < -0.39 is 40.4 Å². The van der Waals surface area contributed by atoms with E-state index in [9.17, 15) is 9.46 Å². The number of likely N-dealkylation sites (N-methyl/N-ethyl adjacent to an activating group) is 1. The average Bonchev–Trinajstić information content (AvgIpc) is 2.59. The van der Waals surface area contributed by atoms with Crippen LogP contribution in [0.5, 0.6) is 0 Å². The minimum Gasteiger partial charge on any atom is -0.419 e. The number of rotatable bonds is 12. The third kappa shape index (κ3) is 10.3. The van der Waals surface area contributed by atoms with Gasteiger partial charge in [0.05, 0.1) is 28.7 Å². The van der Waals surface area contributed by atoms with Crippen LogP contribution in [0.4, 0.5) is 0 Å². The Morgan fingerprint density at radius 1 is 1.06 bits per heavy atom. The first-order valence-electron chi connectivity index (χ1n) is 10.9. The van der Waals surface area contributed by atoms with Gasteiger partial charge in [0, 0.05) is 13.2 Å². The van der Waals surface area contributed by atoms with Gasteiger partial charge < -0.3 is 22.0 Å². The molecule has 186 valence electrons. The Bertz CT molecular complexity index is 634. The predicted molar refractivity (Wildman–Crippen MR) is 134 cm³/mol. The van der Waals surface area contributed by atoms with Crippen LogP contribution < -0.4 is 5.32 Å². The van der Waals surface area contributed by atoms with E-state index in [1.165, 1.54) is 5.67 Å². The molecule has 0 radical (unpaired) electrons. The molecule has 2 N–H and O–H groups in total. The molecule has 1 heterocycles. The van der Waals surface area contributed by atoms with E-state index in [2.05, 4.69) is 44.6 Å².